The lowest BCUT2D eigenvalue weighted by molar-refractivity contribution is -0.378. The van der Waals surface area contributed by atoms with Gasteiger partial charge in [-0.25, -0.2) is 4.98 Å². The van der Waals surface area contributed by atoms with Crippen LogP contribution >= 0.6 is 0 Å². The molecule has 0 aliphatic carbocycles. The monoisotopic (exact) mass is 205 g/mol. The number of aryl methyl sites for hydroxylation is 1. The average molecular weight is 205 g/mol. The van der Waals surface area contributed by atoms with Crippen LogP contribution in [0.5, 0.6) is 0 Å². The maximum absolute atomic E-state index is 10.4. The minimum Gasteiger partial charge on any atom is -0.870 e. The summed E-state index contributed by atoms with van der Waals surface area (Å²) in [6.07, 6.45) is 3.76. The number of hydrogen-bond donors (Lipinski definition) is 1. The fraction of sp³-hybridized carbons (Fsp3) is 0.286. The van der Waals surface area contributed by atoms with Crippen molar-refractivity contribution < 1.29 is 23.4 Å². The van der Waals surface area contributed by atoms with Gasteiger partial charge in [0.15, 0.2) is 12.4 Å². The molecular weight excluding hydrogens is 194 g/mol. The van der Waals surface area contributed by atoms with Crippen molar-refractivity contribution in [1.29, 1.82) is 0 Å². The second-order valence-electron chi connectivity index (χ2n) is 2.44. The zero-order valence-corrected chi connectivity index (χ0v) is 7.66. The van der Waals surface area contributed by atoms with Crippen molar-refractivity contribution in [3.63, 3.8) is 0 Å². The molecule has 0 aromatic carbocycles. The number of hydrogen-bond acceptors (Lipinski definition) is 3. The van der Waals surface area contributed by atoms with Crippen LogP contribution in [0.4, 0.5) is 0 Å². The summed E-state index contributed by atoms with van der Waals surface area (Å²) < 4.78 is 29.1. The Bertz CT molecular complexity index is 335. The van der Waals surface area contributed by atoms with E-state index in [9.17, 15) is 8.42 Å². The standard InChI is InChI=1S/C7H9NO3S.H2O/c9-12(10,11)6-3-7-1-4-8-5-2-7;/h1-2,4-5H,3,6H2,(H,9,10,11);1H2. The van der Waals surface area contributed by atoms with E-state index in [4.69, 9.17) is 4.55 Å². The Morgan fingerprint density at radius 1 is 1.31 bits per heavy atom. The molecule has 3 N–H and O–H groups in total. The lowest BCUT2D eigenvalue weighted by Crippen LogP contribution is -2.07. The number of aromatic amines is 1. The molecule has 1 rings (SSSR count). The van der Waals surface area contributed by atoms with Crippen LogP contribution in [0.1, 0.15) is 5.56 Å². The van der Waals surface area contributed by atoms with Gasteiger partial charge in [-0.2, -0.15) is 8.42 Å². The van der Waals surface area contributed by atoms with E-state index in [0.29, 0.717) is 6.42 Å². The molecule has 1 heterocycles. The molecule has 0 saturated carbocycles. The van der Waals surface area contributed by atoms with Gasteiger partial charge in [0.25, 0.3) is 10.1 Å². The molecule has 6 heteroatoms. The third-order valence-corrected chi connectivity index (χ3v) is 2.16. The Balaban J connectivity index is 0.00000144. The van der Waals surface area contributed by atoms with Crippen molar-refractivity contribution in [1.82, 2.24) is 0 Å². The molecule has 0 radical (unpaired) electrons. The summed E-state index contributed by atoms with van der Waals surface area (Å²) in [5, 5.41) is 0. The van der Waals surface area contributed by atoms with Crippen LogP contribution in [-0.4, -0.2) is 24.2 Å². The number of rotatable bonds is 3. The van der Waals surface area contributed by atoms with Gasteiger partial charge in [-0.1, -0.05) is 0 Å². The van der Waals surface area contributed by atoms with E-state index in [1.54, 1.807) is 24.5 Å². The van der Waals surface area contributed by atoms with Crippen LogP contribution in [0.3, 0.4) is 0 Å². The summed E-state index contributed by atoms with van der Waals surface area (Å²) in [6.45, 7) is 0. The van der Waals surface area contributed by atoms with Gasteiger partial charge in [0.1, 0.15) is 0 Å². The van der Waals surface area contributed by atoms with Gasteiger partial charge in [0, 0.05) is 12.1 Å². The molecule has 1 aromatic heterocycles. The maximum Gasteiger partial charge on any atom is 0.265 e. The predicted molar refractivity (Wildman–Crippen MR) is 45.1 cm³/mol. The van der Waals surface area contributed by atoms with Gasteiger partial charge in [-0.05, 0) is 12.0 Å². The van der Waals surface area contributed by atoms with Crippen LogP contribution in [0.25, 0.3) is 0 Å². The fourth-order valence-corrected chi connectivity index (χ4v) is 1.33. The second kappa shape index (κ2) is 4.90. The van der Waals surface area contributed by atoms with E-state index in [0.717, 1.165) is 5.56 Å². The summed E-state index contributed by atoms with van der Waals surface area (Å²) >= 11 is 0. The van der Waals surface area contributed by atoms with Gasteiger partial charge in [0.05, 0.1) is 5.75 Å². The van der Waals surface area contributed by atoms with E-state index in [-0.39, 0.29) is 11.2 Å². The Labute approximate surface area is 76.5 Å². The zero-order chi connectivity index (χ0) is 9.03. The number of aromatic nitrogens is 1. The predicted octanol–water partition coefficient (Wildman–Crippen LogP) is -0.246. The number of nitrogens with one attached hydrogen (secondary N) is 1. The second-order valence-corrected chi connectivity index (χ2v) is 4.02. The Hall–Kier alpha value is -0.980. The zero-order valence-electron chi connectivity index (χ0n) is 6.84. The van der Waals surface area contributed by atoms with E-state index >= 15 is 0 Å². The van der Waals surface area contributed by atoms with Crippen LogP contribution in [-0.2, 0) is 16.5 Å². The van der Waals surface area contributed by atoms with Crippen molar-refractivity contribution in [2.75, 3.05) is 5.75 Å². The van der Waals surface area contributed by atoms with Crippen LogP contribution < -0.4 is 4.98 Å². The van der Waals surface area contributed by atoms with E-state index in [2.05, 4.69) is 4.98 Å². The number of pyridine rings is 1. The quantitative estimate of drug-likeness (QED) is 0.688. The summed E-state index contributed by atoms with van der Waals surface area (Å²) in [5.41, 5.74) is 0.881. The fourth-order valence-electron chi connectivity index (χ4n) is 0.835. The van der Waals surface area contributed by atoms with E-state index in [1.807, 2.05) is 0 Å². The molecule has 74 valence electrons. The van der Waals surface area contributed by atoms with Crippen LogP contribution in [0.2, 0.25) is 0 Å². The molecule has 1 aromatic rings. The summed E-state index contributed by atoms with van der Waals surface area (Å²) in [7, 11) is -3.83. The van der Waals surface area contributed by atoms with Gasteiger partial charge < -0.3 is 5.48 Å². The largest absolute Gasteiger partial charge is 0.870 e. The van der Waals surface area contributed by atoms with Crippen molar-refractivity contribution in [3.05, 3.63) is 30.1 Å². The van der Waals surface area contributed by atoms with Crippen LogP contribution in [0.15, 0.2) is 24.5 Å². The van der Waals surface area contributed by atoms with Crippen molar-refractivity contribution in [3.8, 4) is 0 Å². The van der Waals surface area contributed by atoms with E-state index in [1.165, 1.54) is 0 Å². The lowest BCUT2D eigenvalue weighted by atomic mass is 10.2. The van der Waals surface area contributed by atoms with Gasteiger partial charge in [0.2, 0.25) is 0 Å². The highest BCUT2D eigenvalue weighted by Gasteiger charge is 2.04. The molecule has 0 unspecified atom stereocenters. The molecule has 0 atom stereocenters. The molecule has 0 spiro atoms. The Kier molecular flexibility index (Phi) is 4.53. The summed E-state index contributed by atoms with van der Waals surface area (Å²) in [5.74, 6) is -0.225. The molecule has 0 aliphatic heterocycles. The highest BCUT2D eigenvalue weighted by atomic mass is 32.2. The van der Waals surface area contributed by atoms with Crippen molar-refractivity contribution >= 4 is 10.1 Å². The molecular formula is C7H11NO4S. The Morgan fingerprint density at radius 2 is 1.85 bits per heavy atom. The first kappa shape index (κ1) is 12.0. The summed E-state index contributed by atoms with van der Waals surface area (Å²) in [6, 6.07) is 3.54. The van der Waals surface area contributed by atoms with Gasteiger partial charge >= 0.3 is 0 Å². The smallest absolute Gasteiger partial charge is 0.265 e. The summed E-state index contributed by atoms with van der Waals surface area (Å²) in [4.78, 5) is 2.82. The third kappa shape index (κ3) is 5.29. The highest BCUT2D eigenvalue weighted by molar-refractivity contribution is 7.85. The average Bonchev–Trinajstić information content (AvgIpc) is 2.02. The van der Waals surface area contributed by atoms with Gasteiger partial charge in [-0.15, -0.1) is 0 Å². The maximum atomic E-state index is 10.4. The molecule has 0 saturated heterocycles. The molecule has 13 heavy (non-hydrogen) atoms. The SMILES string of the molecule is O=S(=O)(O)CCc1cc[nH+]cc1.[OH-]. The highest BCUT2D eigenvalue weighted by Crippen LogP contribution is 1.97. The number of H-pyrrole nitrogens is 1. The van der Waals surface area contributed by atoms with Crippen molar-refractivity contribution in [2.45, 2.75) is 6.42 Å². The van der Waals surface area contributed by atoms with E-state index < -0.39 is 10.1 Å². The third-order valence-electron chi connectivity index (χ3n) is 1.44. The molecule has 0 bridgehead atoms. The Morgan fingerprint density at radius 3 is 2.31 bits per heavy atom. The molecule has 0 amide bonds. The lowest BCUT2D eigenvalue weighted by Gasteiger charge is -1.95. The minimum absolute atomic E-state index is 0. The normalized spacial score (nSPS) is 10.5. The first-order chi connectivity index (χ1) is 5.58. The molecule has 0 fully saturated rings. The topological polar surface area (TPSA) is 98.5 Å². The van der Waals surface area contributed by atoms with Crippen LogP contribution in [0, 0.1) is 0 Å². The van der Waals surface area contributed by atoms with Gasteiger partial charge in [-0.3, -0.25) is 4.55 Å². The van der Waals surface area contributed by atoms with Crippen molar-refractivity contribution in [2.24, 2.45) is 0 Å². The minimum atomic E-state index is -3.83. The first-order valence-electron chi connectivity index (χ1n) is 3.48. The first-order valence-corrected chi connectivity index (χ1v) is 5.09. The molecule has 0 aliphatic rings. The molecule has 5 nitrogen and oxygen atoms in total.